The highest BCUT2D eigenvalue weighted by Crippen LogP contribution is 2.15. The van der Waals surface area contributed by atoms with E-state index in [2.05, 4.69) is 38.5 Å². The van der Waals surface area contributed by atoms with Gasteiger partial charge in [-0.05, 0) is 26.0 Å². The van der Waals surface area contributed by atoms with E-state index in [0.717, 1.165) is 18.1 Å². The van der Waals surface area contributed by atoms with Crippen molar-refractivity contribution in [3.63, 3.8) is 0 Å². The van der Waals surface area contributed by atoms with E-state index >= 15 is 0 Å². The molecule has 1 rings (SSSR count). The molecular weight excluding hydrogens is 220 g/mol. The van der Waals surface area contributed by atoms with Gasteiger partial charge in [0.1, 0.15) is 0 Å². The standard InChI is InChI=1S/C12H22N2OS/c1-4-5-11(9-16)8-15-12-6-13-14(7-12)10(2)3/h6-7,10-11,16H,4-5,8-9H2,1-3H3. The second-order valence-electron chi connectivity index (χ2n) is 4.40. The van der Waals surface area contributed by atoms with E-state index in [-0.39, 0.29) is 0 Å². The summed E-state index contributed by atoms with van der Waals surface area (Å²) in [5.41, 5.74) is 0. The molecule has 0 aliphatic heterocycles. The Kier molecular flexibility index (Phi) is 5.74. The zero-order valence-electron chi connectivity index (χ0n) is 10.4. The van der Waals surface area contributed by atoms with Crippen LogP contribution in [0.1, 0.15) is 39.7 Å². The van der Waals surface area contributed by atoms with E-state index in [1.807, 2.05) is 10.9 Å². The maximum atomic E-state index is 5.71. The Labute approximate surface area is 104 Å². The van der Waals surface area contributed by atoms with Crippen molar-refractivity contribution >= 4 is 12.6 Å². The summed E-state index contributed by atoms with van der Waals surface area (Å²) in [6.45, 7) is 7.13. The van der Waals surface area contributed by atoms with Crippen LogP contribution in [-0.4, -0.2) is 22.1 Å². The Morgan fingerprint density at radius 1 is 1.50 bits per heavy atom. The summed E-state index contributed by atoms with van der Waals surface area (Å²) in [7, 11) is 0. The summed E-state index contributed by atoms with van der Waals surface area (Å²) in [5.74, 6) is 2.28. The first-order valence-corrected chi connectivity index (χ1v) is 6.58. The first-order valence-electron chi connectivity index (χ1n) is 5.95. The first kappa shape index (κ1) is 13.4. The Bertz CT molecular complexity index is 299. The smallest absolute Gasteiger partial charge is 0.157 e. The Hall–Kier alpha value is -0.640. The number of ether oxygens (including phenoxy) is 1. The molecule has 0 spiro atoms. The molecule has 0 N–H and O–H groups in total. The minimum absolute atomic E-state index is 0.383. The van der Waals surface area contributed by atoms with Crippen LogP contribution in [0.15, 0.2) is 12.4 Å². The van der Waals surface area contributed by atoms with Crippen LogP contribution in [0, 0.1) is 5.92 Å². The van der Waals surface area contributed by atoms with Crippen LogP contribution in [0.4, 0.5) is 0 Å². The fourth-order valence-corrected chi connectivity index (χ4v) is 1.82. The van der Waals surface area contributed by atoms with Gasteiger partial charge in [-0.15, -0.1) is 0 Å². The van der Waals surface area contributed by atoms with Gasteiger partial charge in [0.25, 0.3) is 0 Å². The number of hydrogen-bond donors (Lipinski definition) is 1. The highest BCUT2D eigenvalue weighted by atomic mass is 32.1. The first-order chi connectivity index (χ1) is 7.67. The van der Waals surface area contributed by atoms with E-state index in [1.165, 1.54) is 12.8 Å². The van der Waals surface area contributed by atoms with Gasteiger partial charge in [0.2, 0.25) is 0 Å². The van der Waals surface area contributed by atoms with E-state index < -0.39 is 0 Å². The number of rotatable bonds is 7. The van der Waals surface area contributed by atoms with E-state index in [0.29, 0.717) is 12.0 Å². The molecule has 0 radical (unpaired) electrons. The summed E-state index contributed by atoms with van der Waals surface area (Å²) < 4.78 is 7.62. The summed E-state index contributed by atoms with van der Waals surface area (Å²) in [4.78, 5) is 0. The van der Waals surface area contributed by atoms with Crippen LogP contribution in [-0.2, 0) is 0 Å². The van der Waals surface area contributed by atoms with Crippen LogP contribution in [0.2, 0.25) is 0 Å². The molecule has 3 nitrogen and oxygen atoms in total. The van der Waals surface area contributed by atoms with E-state index in [9.17, 15) is 0 Å². The van der Waals surface area contributed by atoms with Gasteiger partial charge in [0.15, 0.2) is 5.75 Å². The summed E-state index contributed by atoms with van der Waals surface area (Å²) in [5, 5.41) is 4.24. The highest BCUT2D eigenvalue weighted by molar-refractivity contribution is 7.80. The predicted molar refractivity (Wildman–Crippen MR) is 70.4 cm³/mol. The van der Waals surface area contributed by atoms with Crippen molar-refractivity contribution in [3.8, 4) is 5.75 Å². The third-order valence-electron chi connectivity index (χ3n) is 2.55. The molecule has 0 fully saturated rings. The molecule has 1 atom stereocenters. The molecule has 0 bridgehead atoms. The lowest BCUT2D eigenvalue weighted by atomic mass is 10.1. The average Bonchev–Trinajstić information content (AvgIpc) is 2.73. The monoisotopic (exact) mass is 242 g/mol. The quantitative estimate of drug-likeness (QED) is 0.743. The van der Waals surface area contributed by atoms with Crippen LogP contribution >= 0.6 is 12.6 Å². The molecule has 0 aromatic carbocycles. The molecule has 1 heterocycles. The fraction of sp³-hybridized carbons (Fsp3) is 0.750. The lowest BCUT2D eigenvalue weighted by Gasteiger charge is -2.13. The van der Waals surface area contributed by atoms with E-state index in [4.69, 9.17) is 4.74 Å². The summed E-state index contributed by atoms with van der Waals surface area (Å²) in [6.07, 6.45) is 6.08. The minimum atomic E-state index is 0.383. The lowest BCUT2D eigenvalue weighted by molar-refractivity contribution is 0.254. The SMILES string of the molecule is CCCC(CS)COc1cnn(C(C)C)c1. The van der Waals surface area contributed by atoms with Crippen molar-refractivity contribution in [1.29, 1.82) is 0 Å². The van der Waals surface area contributed by atoms with Gasteiger partial charge in [0, 0.05) is 12.0 Å². The van der Waals surface area contributed by atoms with Crippen molar-refractivity contribution in [3.05, 3.63) is 12.4 Å². The molecule has 0 aliphatic carbocycles. The fourth-order valence-electron chi connectivity index (χ4n) is 1.53. The summed E-state index contributed by atoms with van der Waals surface area (Å²) >= 11 is 4.33. The largest absolute Gasteiger partial charge is 0.490 e. The molecule has 0 saturated heterocycles. The van der Waals surface area contributed by atoms with Crippen LogP contribution in [0.5, 0.6) is 5.75 Å². The van der Waals surface area contributed by atoms with Crippen molar-refractivity contribution in [2.45, 2.75) is 39.7 Å². The third kappa shape index (κ3) is 4.08. The van der Waals surface area contributed by atoms with Gasteiger partial charge >= 0.3 is 0 Å². The molecule has 0 aliphatic rings. The second-order valence-corrected chi connectivity index (χ2v) is 4.76. The molecule has 1 unspecified atom stereocenters. The maximum Gasteiger partial charge on any atom is 0.157 e. The normalized spacial score (nSPS) is 13.1. The van der Waals surface area contributed by atoms with Gasteiger partial charge in [-0.3, -0.25) is 4.68 Å². The van der Waals surface area contributed by atoms with Gasteiger partial charge < -0.3 is 4.74 Å². The zero-order valence-corrected chi connectivity index (χ0v) is 11.3. The van der Waals surface area contributed by atoms with Gasteiger partial charge in [0.05, 0.1) is 19.0 Å². The zero-order chi connectivity index (χ0) is 12.0. The lowest BCUT2D eigenvalue weighted by Crippen LogP contribution is -2.13. The molecule has 0 saturated carbocycles. The van der Waals surface area contributed by atoms with Gasteiger partial charge in [-0.2, -0.15) is 17.7 Å². The number of hydrogen-bond acceptors (Lipinski definition) is 3. The van der Waals surface area contributed by atoms with Gasteiger partial charge in [-0.25, -0.2) is 0 Å². The predicted octanol–water partition coefficient (Wildman–Crippen LogP) is 3.19. The van der Waals surface area contributed by atoms with Crippen molar-refractivity contribution in [2.24, 2.45) is 5.92 Å². The number of thiol groups is 1. The average molecular weight is 242 g/mol. The molecule has 0 amide bonds. The topological polar surface area (TPSA) is 27.1 Å². The molecule has 92 valence electrons. The van der Waals surface area contributed by atoms with Crippen LogP contribution in [0.3, 0.4) is 0 Å². The van der Waals surface area contributed by atoms with Crippen molar-refractivity contribution < 1.29 is 4.74 Å². The second kappa shape index (κ2) is 6.84. The Morgan fingerprint density at radius 2 is 2.25 bits per heavy atom. The van der Waals surface area contributed by atoms with Crippen molar-refractivity contribution in [2.75, 3.05) is 12.4 Å². The molecular formula is C12H22N2OS. The van der Waals surface area contributed by atoms with Crippen LogP contribution < -0.4 is 4.74 Å². The van der Waals surface area contributed by atoms with E-state index in [1.54, 1.807) is 6.20 Å². The highest BCUT2D eigenvalue weighted by Gasteiger charge is 2.08. The molecule has 16 heavy (non-hydrogen) atoms. The molecule has 1 aromatic rings. The molecule has 1 aromatic heterocycles. The van der Waals surface area contributed by atoms with Crippen LogP contribution in [0.25, 0.3) is 0 Å². The maximum absolute atomic E-state index is 5.71. The Morgan fingerprint density at radius 3 is 2.75 bits per heavy atom. The summed E-state index contributed by atoms with van der Waals surface area (Å²) in [6, 6.07) is 0.383. The minimum Gasteiger partial charge on any atom is -0.490 e. The number of aromatic nitrogens is 2. The third-order valence-corrected chi connectivity index (χ3v) is 3.06. The molecule has 4 heteroatoms. The Balaban J connectivity index is 2.41. The van der Waals surface area contributed by atoms with Gasteiger partial charge in [-0.1, -0.05) is 13.3 Å². The number of nitrogens with zero attached hydrogens (tertiary/aromatic N) is 2. The van der Waals surface area contributed by atoms with Crippen molar-refractivity contribution in [1.82, 2.24) is 9.78 Å².